The molecule has 0 aromatic heterocycles. The molecule has 0 spiro atoms. The van der Waals surface area contributed by atoms with Crippen LogP contribution >= 0.6 is 0 Å². The summed E-state index contributed by atoms with van der Waals surface area (Å²) in [5, 5.41) is 12.5. The van der Waals surface area contributed by atoms with Crippen LogP contribution in [-0.2, 0) is 4.79 Å². The third kappa shape index (κ3) is 2.92. The van der Waals surface area contributed by atoms with Gasteiger partial charge in [-0.2, -0.15) is 0 Å². The number of carboxylic acid groups (broad SMARTS) is 1. The zero-order chi connectivity index (χ0) is 16.3. The van der Waals surface area contributed by atoms with Crippen LogP contribution in [-0.4, -0.2) is 54.7 Å². The van der Waals surface area contributed by atoms with Crippen LogP contribution in [0.4, 0.5) is 10.5 Å². The van der Waals surface area contributed by atoms with Crippen molar-refractivity contribution in [3.63, 3.8) is 0 Å². The fraction of sp³-hybridized carbons (Fsp3) is 0.500. The summed E-state index contributed by atoms with van der Waals surface area (Å²) in [5.41, 5.74) is 2.59. The van der Waals surface area contributed by atoms with Gasteiger partial charge < -0.3 is 14.8 Å². The van der Waals surface area contributed by atoms with Gasteiger partial charge in [-0.3, -0.25) is 10.2 Å². The Balaban J connectivity index is 2.32. The first-order valence-corrected chi connectivity index (χ1v) is 7.39. The Bertz CT molecular complexity index is 576. The fourth-order valence-corrected chi connectivity index (χ4v) is 2.96. The molecule has 6 heteroatoms. The Hall–Kier alpha value is -2.08. The molecule has 1 saturated heterocycles. The number of hydrogen-bond donors (Lipinski definition) is 2. The summed E-state index contributed by atoms with van der Waals surface area (Å²) < 4.78 is 0. The summed E-state index contributed by atoms with van der Waals surface area (Å²) >= 11 is 0. The van der Waals surface area contributed by atoms with Crippen molar-refractivity contribution in [2.24, 2.45) is 0 Å². The van der Waals surface area contributed by atoms with E-state index in [0.717, 1.165) is 12.0 Å². The van der Waals surface area contributed by atoms with Gasteiger partial charge in [0, 0.05) is 25.2 Å². The van der Waals surface area contributed by atoms with Crippen molar-refractivity contribution < 1.29 is 14.7 Å². The number of piperazine rings is 1. The van der Waals surface area contributed by atoms with Gasteiger partial charge in [-0.25, -0.2) is 4.79 Å². The molecule has 1 aromatic rings. The molecule has 1 amide bonds. The average molecular weight is 305 g/mol. The number of nitrogens with one attached hydrogen (secondary N) is 1. The number of amides is 1. The molecule has 0 aliphatic carbocycles. The van der Waals surface area contributed by atoms with Gasteiger partial charge in [0.2, 0.25) is 0 Å². The maximum absolute atomic E-state index is 11.5. The van der Waals surface area contributed by atoms with Crippen molar-refractivity contribution in [2.45, 2.75) is 25.9 Å². The fourth-order valence-electron chi connectivity index (χ4n) is 2.96. The highest BCUT2D eigenvalue weighted by Gasteiger charge is 2.43. The highest BCUT2D eigenvalue weighted by molar-refractivity contribution is 5.68. The largest absolute Gasteiger partial charge is 0.465 e. The number of benzene rings is 1. The van der Waals surface area contributed by atoms with Crippen LogP contribution in [0.5, 0.6) is 0 Å². The van der Waals surface area contributed by atoms with Gasteiger partial charge in [0.05, 0.1) is 6.54 Å². The highest BCUT2D eigenvalue weighted by Crippen LogP contribution is 2.27. The first kappa shape index (κ1) is 16.3. The summed E-state index contributed by atoms with van der Waals surface area (Å²) in [6.07, 6.45) is -0.107. The van der Waals surface area contributed by atoms with Crippen LogP contribution in [0.2, 0.25) is 0 Å². The van der Waals surface area contributed by atoms with Gasteiger partial charge in [-0.15, -0.1) is 0 Å². The third-order valence-electron chi connectivity index (χ3n) is 4.54. The Morgan fingerprint density at radius 3 is 2.64 bits per heavy atom. The van der Waals surface area contributed by atoms with Crippen LogP contribution in [0.25, 0.3) is 0 Å². The Morgan fingerprint density at radius 2 is 2.09 bits per heavy atom. The lowest BCUT2D eigenvalue weighted by molar-refractivity contribution is -0.110. The van der Waals surface area contributed by atoms with Crippen molar-refractivity contribution >= 4 is 18.1 Å². The lowest BCUT2D eigenvalue weighted by Gasteiger charge is -2.49. The molecule has 0 saturated carbocycles. The summed E-state index contributed by atoms with van der Waals surface area (Å²) in [5.74, 6) is 0. The van der Waals surface area contributed by atoms with E-state index in [1.807, 2.05) is 6.07 Å². The molecule has 1 fully saturated rings. The summed E-state index contributed by atoms with van der Waals surface area (Å²) in [7, 11) is 1.70. The van der Waals surface area contributed by atoms with Crippen molar-refractivity contribution in [3.05, 3.63) is 29.3 Å². The Labute approximate surface area is 130 Å². The first-order chi connectivity index (χ1) is 10.4. The molecule has 6 nitrogen and oxygen atoms in total. The second-order valence-electron chi connectivity index (χ2n) is 5.78. The van der Waals surface area contributed by atoms with E-state index in [0.29, 0.717) is 19.6 Å². The summed E-state index contributed by atoms with van der Waals surface area (Å²) in [6.45, 7) is 5.53. The average Bonchev–Trinajstić information content (AvgIpc) is 2.50. The highest BCUT2D eigenvalue weighted by atomic mass is 16.4. The smallest absolute Gasteiger partial charge is 0.408 e. The topological polar surface area (TPSA) is 72.9 Å². The predicted octanol–water partition coefficient (Wildman–Crippen LogP) is 1.61. The van der Waals surface area contributed by atoms with E-state index in [9.17, 15) is 14.7 Å². The van der Waals surface area contributed by atoms with Gasteiger partial charge in [-0.1, -0.05) is 6.07 Å². The van der Waals surface area contributed by atoms with E-state index in [2.05, 4.69) is 36.2 Å². The first-order valence-electron chi connectivity index (χ1n) is 7.39. The molecule has 1 heterocycles. The van der Waals surface area contributed by atoms with Gasteiger partial charge >= 0.3 is 6.09 Å². The lowest BCUT2D eigenvalue weighted by atomic mass is 9.99. The van der Waals surface area contributed by atoms with Crippen LogP contribution in [0.3, 0.4) is 0 Å². The van der Waals surface area contributed by atoms with E-state index in [4.69, 9.17) is 0 Å². The number of aldehydes is 1. The van der Waals surface area contributed by atoms with Crippen molar-refractivity contribution in [3.8, 4) is 0 Å². The van der Waals surface area contributed by atoms with Gasteiger partial charge in [0.15, 0.2) is 0 Å². The monoisotopic (exact) mass is 305 g/mol. The SMILES string of the molecule is CNC1(CC=O)CN(c2ccc(C)c(C)c2)CCN1C(=O)O. The van der Waals surface area contributed by atoms with E-state index >= 15 is 0 Å². The minimum absolute atomic E-state index is 0.122. The van der Waals surface area contributed by atoms with E-state index in [1.54, 1.807) is 7.05 Å². The summed E-state index contributed by atoms with van der Waals surface area (Å²) in [6, 6.07) is 6.21. The second-order valence-corrected chi connectivity index (χ2v) is 5.78. The standard InChI is InChI=1S/C16H23N3O3/c1-12-4-5-14(10-13(12)2)18-7-8-19(15(21)22)16(11-18,17-3)6-9-20/h4-5,9-10,17H,6-8,11H2,1-3H3,(H,21,22). The molecule has 1 aliphatic rings. The van der Waals surface area contributed by atoms with E-state index < -0.39 is 11.8 Å². The zero-order valence-corrected chi connectivity index (χ0v) is 13.3. The van der Waals surface area contributed by atoms with Gasteiger partial charge in [0.25, 0.3) is 0 Å². The van der Waals surface area contributed by atoms with Gasteiger partial charge in [0.1, 0.15) is 11.9 Å². The molecule has 1 atom stereocenters. The molecule has 22 heavy (non-hydrogen) atoms. The number of carbonyl (C=O) groups excluding carboxylic acids is 1. The molecule has 2 rings (SSSR count). The van der Waals surface area contributed by atoms with E-state index in [1.165, 1.54) is 16.0 Å². The molecule has 2 N–H and O–H groups in total. The minimum Gasteiger partial charge on any atom is -0.465 e. The normalized spacial score (nSPS) is 21.8. The molecule has 1 aromatic carbocycles. The quantitative estimate of drug-likeness (QED) is 0.827. The van der Waals surface area contributed by atoms with Crippen LogP contribution < -0.4 is 10.2 Å². The molecule has 1 aliphatic heterocycles. The van der Waals surface area contributed by atoms with Crippen LogP contribution in [0.1, 0.15) is 17.5 Å². The predicted molar refractivity (Wildman–Crippen MR) is 85.3 cm³/mol. The van der Waals surface area contributed by atoms with Crippen molar-refractivity contribution in [2.75, 3.05) is 31.6 Å². The maximum Gasteiger partial charge on any atom is 0.408 e. The number of anilines is 1. The molecule has 0 bridgehead atoms. The number of nitrogens with zero attached hydrogens (tertiary/aromatic N) is 2. The Kier molecular flexibility index (Phi) is 4.71. The third-order valence-corrected chi connectivity index (χ3v) is 4.54. The number of likely N-dealkylation sites (N-methyl/N-ethyl adjacent to an activating group) is 1. The van der Waals surface area contributed by atoms with Crippen LogP contribution in [0.15, 0.2) is 18.2 Å². The molecular weight excluding hydrogens is 282 g/mol. The molecule has 0 radical (unpaired) electrons. The van der Waals surface area contributed by atoms with E-state index in [-0.39, 0.29) is 6.42 Å². The zero-order valence-electron chi connectivity index (χ0n) is 13.3. The Morgan fingerprint density at radius 1 is 1.36 bits per heavy atom. The summed E-state index contributed by atoms with van der Waals surface area (Å²) in [4.78, 5) is 26.0. The van der Waals surface area contributed by atoms with Crippen LogP contribution in [0, 0.1) is 13.8 Å². The lowest BCUT2D eigenvalue weighted by Crippen LogP contribution is -2.70. The van der Waals surface area contributed by atoms with Crippen molar-refractivity contribution in [1.82, 2.24) is 10.2 Å². The molecular formula is C16H23N3O3. The number of aryl methyl sites for hydroxylation is 2. The maximum atomic E-state index is 11.5. The number of carbonyl (C=O) groups is 2. The minimum atomic E-state index is -1.00. The van der Waals surface area contributed by atoms with Gasteiger partial charge in [-0.05, 0) is 44.2 Å². The number of rotatable bonds is 4. The molecule has 120 valence electrons. The molecule has 1 unspecified atom stereocenters. The number of hydrogen-bond acceptors (Lipinski definition) is 4. The second kappa shape index (κ2) is 6.36. The van der Waals surface area contributed by atoms with Crippen molar-refractivity contribution in [1.29, 1.82) is 0 Å².